The number of benzene rings is 2. The van der Waals surface area contributed by atoms with E-state index in [1.54, 1.807) is 46.0 Å². The van der Waals surface area contributed by atoms with Gasteiger partial charge in [0.25, 0.3) is 0 Å². The van der Waals surface area contributed by atoms with Crippen LogP contribution in [0.5, 0.6) is 5.75 Å². The predicted octanol–water partition coefficient (Wildman–Crippen LogP) is 5.84. The van der Waals surface area contributed by atoms with Gasteiger partial charge in [-0.05, 0) is 63.2 Å². The smallest absolute Gasteiger partial charge is 0.416 e. The van der Waals surface area contributed by atoms with Crippen molar-refractivity contribution in [3.8, 4) is 16.9 Å². The number of rotatable bonds is 6. The van der Waals surface area contributed by atoms with E-state index in [1.165, 1.54) is 6.07 Å². The Morgan fingerprint density at radius 3 is 2.27 bits per heavy atom. The van der Waals surface area contributed by atoms with Crippen molar-refractivity contribution >= 4 is 5.97 Å². The lowest BCUT2D eigenvalue weighted by molar-refractivity contribution is -0.157. The monoisotopic (exact) mass is 425 g/mol. The standard InChI is InChI=1S/C21H24F3NO3.C2H6/c1-20(2,3)28-19(26)13-27-18-9-8-16(21(22,23)24)11-17(18)15-7-5-6-14(10-15)12-25-4;1-2/h5-11,25H,12-13H2,1-4H3;1-2H3. The first-order valence-electron chi connectivity index (χ1n) is 9.79. The number of hydrogen-bond acceptors (Lipinski definition) is 4. The van der Waals surface area contributed by atoms with Gasteiger partial charge in [0.1, 0.15) is 11.4 Å². The van der Waals surface area contributed by atoms with E-state index in [0.717, 1.165) is 17.7 Å². The van der Waals surface area contributed by atoms with Crippen LogP contribution in [0.15, 0.2) is 42.5 Å². The molecule has 0 saturated carbocycles. The number of carbonyl (C=O) groups is 1. The highest BCUT2D eigenvalue weighted by Gasteiger charge is 2.31. The molecule has 0 unspecified atom stereocenters. The second-order valence-corrected chi connectivity index (χ2v) is 7.31. The van der Waals surface area contributed by atoms with E-state index in [4.69, 9.17) is 9.47 Å². The molecule has 0 aromatic heterocycles. The third kappa shape index (κ3) is 8.06. The van der Waals surface area contributed by atoms with Crippen molar-refractivity contribution in [2.75, 3.05) is 13.7 Å². The van der Waals surface area contributed by atoms with E-state index in [9.17, 15) is 18.0 Å². The fraction of sp³-hybridized carbons (Fsp3) is 0.435. The van der Waals surface area contributed by atoms with E-state index in [0.29, 0.717) is 12.1 Å². The minimum absolute atomic E-state index is 0.181. The lowest BCUT2D eigenvalue weighted by Crippen LogP contribution is -2.27. The SMILES string of the molecule is CC.CNCc1cccc(-c2cc(C(F)(F)F)ccc2OCC(=O)OC(C)(C)C)c1. The van der Waals surface area contributed by atoms with Crippen LogP contribution in [-0.2, 0) is 22.3 Å². The van der Waals surface area contributed by atoms with Gasteiger partial charge in [-0.2, -0.15) is 13.2 Å². The predicted molar refractivity (Wildman–Crippen MR) is 112 cm³/mol. The van der Waals surface area contributed by atoms with Crippen molar-refractivity contribution in [1.82, 2.24) is 5.32 Å². The highest BCUT2D eigenvalue weighted by atomic mass is 19.4. The summed E-state index contributed by atoms with van der Waals surface area (Å²) in [6.07, 6.45) is -4.49. The maximum atomic E-state index is 13.2. The Hall–Kier alpha value is -2.54. The summed E-state index contributed by atoms with van der Waals surface area (Å²) in [4.78, 5) is 11.9. The largest absolute Gasteiger partial charge is 0.481 e. The van der Waals surface area contributed by atoms with E-state index in [2.05, 4.69) is 5.32 Å². The second-order valence-electron chi connectivity index (χ2n) is 7.31. The quantitative estimate of drug-likeness (QED) is 0.591. The second kappa shape index (κ2) is 11.0. The molecule has 0 saturated heterocycles. The van der Waals surface area contributed by atoms with E-state index < -0.39 is 29.9 Å². The molecule has 0 radical (unpaired) electrons. The molecule has 2 aromatic carbocycles. The Morgan fingerprint density at radius 1 is 1.03 bits per heavy atom. The third-order valence-electron chi connectivity index (χ3n) is 3.69. The summed E-state index contributed by atoms with van der Waals surface area (Å²) in [5.74, 6) is -0.414. The first-order valence-corrected chi connectivity index (χ1v) is 9.79. The molecule has 0 spiro atoms. The molecule has 7 heteroatoms. The average molecular weight is 425 g/mol. The fourth-order valence-electron chi connectivity index (χ4n) is 2.62. The van der Waals surface area contributed by atoms with E-state index in [-0.39, 0.29) is 11.3 Å². The first-order chi connectivity index (χ1) is 14.0. The molecular weight excluding hydrogens is 395 g/mol. The van der Waals surface area contributed by atoms with Crippen LogP contribution < -0.4 is 10.1 Å². The summed E-state index contributed by atoms with van der Waals surface area (Å²) in [6, 6.07) is 10.3. The molecule has 0 aliphatic heterocycles. The maximum Gasteiger partial charge on any atom is 0.416 e. The van der Waals surface area contributed by atoms with E-state index >= 15 is 0 Å². The van der Waals surface area contributed by atoms with Crippen LogP contribution in [0.2, 0.25) is 0 Å². The summed E-state index contributed by atoms with van der Waals surface area (Å²) in [5.41, 5.74) is 0.279. The zero-order valence-electron chi connectivity index (χ0n) is 18.3. The summed E-state index contributed by atoms with van der Waals surface area (Å²) in [7, 11) is 1.78. The van der Waals surface area contributed by atoms with Gasteiger partial charge in [-0.1, -0.05) is 32.0 Å². The van der Waals surface area contributed by atoms with Crippen molar-refractivity contribution in [2.24, 2.45) is 0 Å². The average Bonchev–Trinajstić information content (AvgIpc) is 2.66. The minimum Gasteiger partial charge on any atom is -0.481 e. The van der Waals surface area contributed by atoms with Crippen LogP contribution in [0.4, 0.5) is 13.2 Å². The Balaban J connectivity index is 0.00000218. The van der Waals surface area contributed by atoms with Crippen LogP contribution in [0, 0.1) is 0 Å². The molecule has 30 heavy (non-hydrogen) atoms. The van der Waals surface area contributed by atoms with Gasteiger partial charge in [-0.25, -0.2) is 4.79 Å². The van der Waals surface area contributed by atoms with Crippen molar-refractivity contribution < 1.29 is 27.4 Å². The molecule has 2 rings (SSSR count). The Morgan fingerprint density at radius 2 is 1.70 bits per heavy atom. The molecule has 0 amide bonds. The normalized spacial score (nSPS) is 11.4. The van der Waals surface area contributed by atoms with Crippen molar-refractivity contribution in [1.29, 1.82) is 0 Å². The van der Waals surface area contributed by atoms with Crippen LogP contribution >= 0.6 is 0 Å². The number of halogens is 3. The molecule has 0 aliphatic rings. The summed E-state index contributed by atoms with van der Waals surface area (Å²) >= 11 is 0. The number of nitrogens with one attached hydrogen (secondary N) is 1. The molecular formula is C23H30F3NO3. The molecule has 0 bridgehead atoms. The third-order valence-corrected chi connectivity index (χ3v) is 3.69. The Bertz CT molecular complexity index is 827. The zero-order valence-corrected chi connectivity index (χ0v) is 18.3. The zero-order chi connectivity index (χ0) is 22.9. The first kappa shape index (κ1) is 25.5. The number of alkyl halides is 3. The van der Waals surface area contributed by atoms with Crippen LogP contribution in [0.1, 0.15) is 45.7 Å². The van der Waals surface area contributed by atoms with E-state index in [1.807, 2.05) is 19.9 Å². The van der Waals surface area contributed by atoms with Gasteiger partial charge in [0.05, 0.1) is 5.56 Å². The molecule has 4 nitrogen and oxygen atoms in total. The summed E-state index contributed by atoms with van der Waals surface area (Å²) in [5, 5.41) is 3.00. The number of ether oxygens (including phenoxy) is 2. The van der Waals surface area contributed by atoms with Gasteiger partial charge in [0, 0.05) is 12.1 Å². The maximum absolute atomic E-state index is 13.2. The molecule has 2 aromatic rings. The Kier molecular flexibility index (Phi) is 9.36. The number of esters is 1. The van der Waals surface area contributed by atoms with Gasteiger partial charge >= 0.3 is 12.1 Å². The molecule has 0 heterocycles. The molecule has 0 fully saturated rings. The van der Waals surface area contributed by atoms with Gasteiger partial charge in [0.15, 0.2) is 6.61 Å². The topological polar surface area (TPSA) is 47.6 Å². The lowest BCUT2D eigenvalue weighted by Gasteiger charge is -2.20. The Labute approximate surface area is 176 Å². The van der Waals surface area contributed by atoms with Gasteiger partial charge in [-0.3, -0.25) is 0 Å². The fourth-order valence-corrected chi connectivity index (χ4v) is 2.62. The van der Waals surface area contributed by atoms with Gasteiger partial charge in [0.2, 0.25) is 0 Å². The van der Waals surface area contributed by atoms with Crippen LogP contribution in [0.3, 0.4) is 0 Å². The lowest BCUT2D eigenvalue weighted by atomic mass is 9.99. The minimum atomic E-state index is -4.49. The van der Waals surface area contributed by atoms with Crippen molar-refractivity contribution in [2.45, 2.75) is 52.9 Å². The summed E-state index contributed by atoms with van der Waals surface area (Å²) < 4.78 is 50.3. The molecule has 0 aliphatic carbocycles. The van der Waals surface area contributed by atoms with Gasteiger partial charge in [-0.15, -0.1) is 0 Å². The summed E-state index contributed by atoms with van der Waals surface area (Å²) in [6.45, 7) is 9.35. The van der Waals surface area contributed by atoms with Crippen LogP contribution in [-0.4, -0.2) is 25.2 Å². The van der Waals surface area contributed by atoms with Crippen LogP contribution in [0.25, 0.3) is 11.1 Å². The highest BCUT2D eigenvalue weighted by molar-refractivity contribution is 5.74. The van der Waals surface area contributed by atoms with Gasteiger partial charge < -0.3 is 14.8 Å². The molecule has 0 atom stereocenters. The number of carbonyl (C=O) groups excluding carboxylic acids is 1. The highest BCUT2D eigenvalue weighted by Crippen LogP contribution is 2.37. The molecule has 166 valence electrons. The number of hydrogen-bond donors (Lipinski definition) is 1. The van der Waals surface area contributed by atoms with Crippen molar-refractivity contribution in [3.05, 3.63) is 53.6 Å². The van der Waals surface area contributed by atoms with Crippen molar-refractivity contribution in [3.63, 3.8) is 0 Å². The molecule has 1 N–H and O–H groups in total.